The van der Waals surface area contributed by atoms with Crippen LogP contribution in [0.1, 0.15) is 11.3 Å². The van der Waals surface area contributed by atoms with E-state index in [-0.39, 0.29) is 6.03 Å². The number of ether oxygens (including phenoxy) is 2. The van der Waals surface area contributed by atoms with Gasteiger partial charge >= 0.3 is 6.03 Å². The first-order valence-electron chi connectivity index (χ1n) is 8.66. The first kappa shape index (κ1) is 17.5. The van der Waals surface area contributed by atoms with Gasteiger partial charge in [0.1, 0.15) is 11.5 Å². The lowest BCUT2D eigenvalue weighted by Crippen LogP contribution is -2.38. The van der Waals surface area contributed by atoms with Gasteiger partial charge in [-0.15, -0.1) is 0 Å². The van der Waals surface area contributed by atoms with E-state index in [0.29, 0.717) is 35.3 Å². The maximum Gasteiger partial charge on any atom is 0.322 e. The number of nitrogens with zero attached hydrogens (tertiary/aromatic N) is 1. The molecule has 3 aromatic rings. The second-order valence-corrected chi connectivity index (χ2v) is 6.82. The number of aromatic nitrogens is 1. The number of aromatic amines is 1. The molecule has 0 atom stereocenters. The Labute approximate surface area is 162 Å². The lowest BCUT2D eigenvalue weighted by atomic mass is 10.0. The van der Waals surface area contributed by atoms with Crippen molar-refractivity contribution >= 4 is 34.2 Å². The predicted octanol–water partition coefficient (Wildman–Crippen LogP) is 4.43. The highest BCUT2D eigenvalue weighted by atomic mass is 35.5. The fraction of sp³-hybridized carbons (Fsp3) is 0.250. The lowest BCUT2D eigenvalue weighted by Gasteiger charge is -2.27. The summed E-state index contributed by atoms with van der Waals surface area (Å²) in [6.45, 7) is 1.18. The number of para-hydroxylation sites is 1. The summed E-state index contributed by atoms with van der Waals surface area (Å²) in [5.74, 6) is 0.986. The molecule has 0 aliphatic carbocycles. The molecule has 6 nitrogen and oxygen atoms in total. The number of benzene rings is 2. The number of urea groups is 1. The lowest BCUT2D eigenvalue weighted by molar-refractivity contribution is 0.205. The molecule has 0 saturated heterocycles. The average Bonchev–Trinajstić information content (AvgIpc) is 3.06. The zero-order valence-corrected chi connectivity index (χ0v) is 15.9. The molecule has 2 aromatic carbocycles. The fourth-order valence-corrected chi connectivity index (χ4v) is 3.76. The van der Waals surface area contributed by atoms with E-state index in [1.807, 2.05) is 12.1 Å². The summed E-state index contributed by atoms with van der Waals surface area (Å²) in [5, 5.41) is 4.54. The smallest absolute Gasteiger partial charge is 0.322 e. The van der Waals surface area contributed by atoms with E-state index >= 15 is 0 Å². The van der Waals surface area contributed by atoms with Crippen LogP contribution >= 0.6 is 11.6 Å². The zero-order valence-electron chi connectivity index (χ0n) is 15.1. The number of carbonyl (C=O) groups is 1. The third-order valence-electron chi connectivity index (χ3n) is 4.89. The van der Waals surface area contributed by atoms with E-state index in [1.165, 1.54) is 25.2 Å². The Hall–Kier alpha value is -2.86. The van der Waals surface area contributed by atoms with E-state index in [1.54, 1.807) is 17.0 Å². The second kappa shape index (κ2) is 7.04. The third kappa shape index (κ3) is 3.17. The summed E-state index contributed by atoms with van der Waals surface area (Å²) in [5.41, 5.74) is 3.99. The van der Waals surface area contributed by atoms with Gasteiger partial charge in [-0.2, -0.15) is 0 Å². The number of rotatable bonds is 3. The van der Waals surface area contributed by atoms with E-state index in [4.69, 9.17) is 21.1 Å². The van der Waals surface area contributed by atoms with Gasteiger partial charge in [0, 0.05) is 29.2 Å². The minimum atomic E-state index is -0.196. The number of hydrogen-bond acceptors (Lipinski definition) is 3. The van der Waals surface area contributed by atoms with Gasteiger partial charge in [0.2, 0.25) is 0 Å². The van der Waals surface area contributed by atoms with E-state index < -0.39 is 0 Å². The second-order valence-electron chi connectivity index (χ2n) is 6.42. The largest absolute Gasteiger partial charge is 0.495 e. The third-order valence-corrected chi connectivity index (χ3v) is 5.18. The highest BCUT2D eigenvalue weighted by molar-refractivity contribution is 6.32. The minimum Gasteiger partial charge on any atom is -0.495 e. The summed E-state index contributed by atoms with van der Waals surface area (Å²) >= 11 is 6.19. The molecule has 27 heavy (non-hydrogen) atoms. The Morgan fingerprint density at radius 1 is 1.19 bits per heavy atom. The van der Waals surface area contributed by atoms with Crippen LogP contribution in [0.3, 0.4) is 0 Å². The number of anilines is 1. The average molecular weight is 386 g/mol. The van der Waals surface area contributed by atoms with E-state index in [9.17, 15) is 4.79 Å². The van der Waals surface area contributed by atoms with Crippen LogP contribution < -0.4 is 14.8 Å². The van der Waals surface area contributed by atoms with Crippen molar-refractivity contribution in [1.82, 2.24) is 9.88 Å². The van der Waals surface area contributed by atoms with Crippen molar-refractivity contribution in [2.75, 3.05) is 26.1 Å². The maximum absolute atomic E-state index is 12.8. The first-order valence-corrected chi connectivity index (χ1v) is 9.04. The van der Waals surface area contributed by atoms with Gasteiger partial charge in [-0.1, -0.05) is 29.8 Å². The molecule has 1 aliphatic rings. The SMILES string of the molecule is COc1cc(OC)c(NC(=O)N2CCc3c([nH]c4ccccc34)C2)cc1Cl. The van der Waals surface area contributed by atoms with Crippen LogP contribution in [-0.4, -0.2) is 36.7 Å². The number of carbonyl (C=O) groups excluding carboxylic acids is 1. The summed E-state index contributed by atoms with van der Waals surface area (Å²) in [4.78, 5) is 18.0. The molecule has 0 radical (unpaired) electrons. The molecular weight excluding hydrogens is 366 g/mol. The molecule has 2 heterocycles. The van der Waals surface area contributed by atoms with Gasteiger partial charge < -0.3 is 24.7 Å². The van der Waals surface area contributed by atoms with Gasteiger partial charge in [0.15, 0.2) is 0 Å². The molecule has 0 fully saturated rings. The Bertz CT molecular complexity index is 1020. The Balaban J connectivity index is 1.55. The molecule has 0 bridgehead atoms. The highest BCUT2D eigenvalue weighted by Gasteiger charge is 2.24. The van der Waals surface area contributed by atoms with Crippen LogP contribution in [0.5, 0.6) is 11.5 Å². The van der Waals surface area contributed by atoms with Crippen LogP contribution in [0.4, 0.5) is 10.5 Å². The topological polar surface area (TPSA) is 66.6 Å². The number of H-pyrrole nitrogens is 1. The minimum absolute atomic E-state index is 0.196. The van der Waals surface area contributed by atoms with Crippen molar-refractivity contribution in [3.05, 3.63) is 52.7 Å². The first-order chi connectivity index (χ1) is 13.1. The van der Waals surface area contributed by atoms with Gasteiger partial charge in [-0.05, 0) is 24.1 Å². The van der Waals surface area contributed by atoms with Crippen LogP contribution in [0.2, 0.25) is 5.02 Å². The Kier molecular flexibility index (Phi) is 4.58. The molecule has 0 spiro atoms. The van der Waals surface area contributed by atoms with E-state index in [2.05, 4.69) is 22.4 Å². The van der Waals surface area contributed by atoms with Crippen molar-refractivity contribution < 1.29 is 14.3 Å². The van der Waals surface area contributed by atoms with Crippen LogP contribution in [0.15, 0.2) is 36.4 Å². The molecule has 2 N–H and O–H groups in total. The Morgan fingerprint density at radius 3 is 2.74 bits per heavy atom. The summed E-state index contributed by atoms with van der Waals surface area (Å²) < 4.78 is 10.5. The maximum atomic E-state index is 12.8. The number of hydrogen-bond donors (Lipinski definition) is 2. The summed E-state index contributed by atoms with van der Waals surface area (Å²) in [6.07, 6.45) is 0.813. The molecule has 1 aromatic heterocycles. The number of fused-ring (bicyclic) bond motifs is 3. The Morgan fingerprint density at radius 2 is 1.96 bits per heavy atom. The molecule has 1 aliphatic heterocycles. The molecule has 0 saturated carbocycles. The fourth-order valence-electron chi connectivity index (χ4n) is 3.52. The highest BCUT2D eigenvalue weighted by Crippen LogP contribution is 2.36. The standard InChI is InChI=1S/C20H20ClN3O3/c1-26-18-10-19(27-2)16(9-14(18)21)23-20(25)24-8-7-13-12-5-3-4-6-15(12)22-17(13)11-24/h3-6,9-10,22H,7-8,11H2,1-2H3,(H,23,25). The molecule has 140 valence electrons. The van der Waals surface area contributed by atoms with E-state index in [0.717, 1.165) is 17.6 Å². The number of methoxy groups -OCH3 is 2. The van der Waals surface area contributed by atoms with Gasteiger partial charge in [0.05, 0.1) is 31.5 Å². The van der Waals surface area contributed by atoms with Gasteiger partial charge in [0.25, 0.3) is 0 Å². The number of halogens is 1. The van der Waals surface area contributed by atoms with Gasteiger partial charge in [-0.3, -0.25) is 0 Å². The van der Waals surface area contributed by atoms with Crippen molar-refractivity contribution in [1.29, 1.82) is 0 Å². The van der Waals surface area contributed by atoms with Crippen molar-refractivity contribution in [2.24, 2.45) is 0 Å². The van der Waals surface area contributed by atoms with Crippen molar-refractivity contribution in [3.63, 3.8) is 0 Å². The van der Waals surface area contributed by atoms with Crippen molar-refractivity contribution in [2.45, 2.75) is 13.0 Å². The molecule has 7 heteroatoms. The molecule has 0 unspecified atom stereocenters. The summed E-state index contributed by atoms with van der Waals surface area (Å²) in [6, 6.07) is 11.3. The molecular formula is C20H20ClN3O3. The predicted molar refractivity (Wildman–Crippen MR) is 106 cm³/mol. The van der Waals surface area contributed by atoms with Crippen LogP contribution in [-0.2, 0) is 13.0 Å². The zero-order chi connectivity index (χ0) is 19.0. The van der Waals surface area contributed by atoms with Crippen LogP contribution in [0, 0.1) is 0 Å². The van der Waals surface area contributed by atoms with Crippen LogP contribution in [0.25, 0.3) is 10.9 Å². The van der Waals surface area contributed by atoms with Gasteiger partial charge in [-0.25, -0.2) is 4.79 Å². The normalized spacial score (nSPS) is 13.4. The monoisotopic (exact) mass is 385 g/mol. The quantitative estimate of drug-likeness (QED) is 0.701. The number of nitrogens with one attached hydrogen (secondary N) is 2. The number of amides is 2. The summed E-state index contributed by atoms with van der Waals surface area (Å²) in [7, 11) is 3.07. The molecule has 2 amide bonds. The molecule has 4 rings (SSSR count). The van der Waals surface area contributed by atoms with Crippen molar-refractivity contribution in [3.8, 4) is 11.5 Å².